The van der Waals surface area contributed by atoms with Gasteiger partial charge in [0.25, 0.3) is 0 Å². The molecule has 2 saturated heterocycles. The highest BCUT2D eigenvalue weighted by Crippen LogP contribution is 2.50. The van der Waals surface area contributed by atoms with Crippen molar-refractivity contribution >= 4 is 11.9 Å². The maximum Gasteiger partial charge on any atom is 0.347 e. The van der Waals surface area contributed by atoms with Crippen molar-refractivity contribution in [3.63, 3.8) is 0 Å². The van der Waals surface area contributed by atoms with Crippen LogP contribution in [0.15, 0.2) is 0 Å². The van der Waals surface area contributed by atoms with Crippen molar-refractivity contribution in [3.8, 4) is 0 Å². The number of carbonyl (C=O) groups excluding carboxylic acids is 2. The van der Waals surface area contributed by atoms with Crippen molar-refractivity contribution in [1.82, 2.24) is 0 Å². The predicted molar refractivity (Wildman–Crippen MR) is 87.8 cm³/mol. The summed E-state index contributed by atoms with van der Waals surface area (Å²) >= 11 is 0. The van der Waals surface area contributed by atoms with Gasteiger partial charge in [0.05, 0.1) is 35.9 Å². The molecular formula is C19H28O6. The zero-order chi connectivity index (χ0) is 17.8. The summed E-state index contributed by atoms with van der Waals surface area (Å²) in [6.07, 6.45) is 4.94. The Labute approximate surface area is 148 Å². The van der Waals surface area contributed by atoms with E-state index in [4.69, 9.17) is 18.9 Å². The van der Waals surface area contributed by atoms with Crippen molar-refractivity contribution in [2.45, 2.75) is 88.8 Å². The average molecular weight is 352 g/mol. The molecule has 0 aromatic rings. The highest BCUT2D eigenvalue weighted by atomic mass is 16.6. The summed E-state index contributed by atoms with van der Waals surface area (Å²) in [5, 5.41) is 0. The molecule has 0 N–H and O–H groups in total. The van der Waals surface area contributed by atoms with Crippen LogP contribution in [0.25, 0.3) is 0 Å². The average Bonchev–Trinajstić information content (AvgIpc) is 3.44. The highest BCUT2D eigenvalue weighted by Gasteiger charge is 2.57. The van der Waals surface area contributed by atoms with E-state index < -0.39 is 12.1 Å². The molecule has 0 bridgehead atoms. The topological polar surface area (TPSA) is 77.7 Å². The molecule has 4 rings (SSSR count). The van der Waals surface area contributed by atoms with E-state index in [-0.39, 0.29) is 29.2 Å². The first-order valence-corrected chi connectivity index (χ1v) is 9.52. The van der Waals surface area contributed by atoms with Crippen molar-refractivity contribution in [3.05, 3.63) is 0 Å². The molecule has 140 valence electrons. The Morgan fingerprint density at radius 3 is 2.36 bits per heavy atom. The van der Waals surface area contributed by atoms with Gasteiger partial charge in [0.1, 0.15) is 0 Å². The number of esters is 2. The lowest BCUT2D eigenvalue weighted by Gasteiger charge is -2.24. The Morgan fingerprint density at radius 2 is 1.72 bits per heavy atom. The first-order valence-electron chi connectivity index (χ1n) is 9.52. The van der Waals surface area contributed by atoms with E-state index in [1.807, 2.05) is 0 Å². The van der Waals surface area contributed by atoms with Crippen LogP contribution in [0, 0.1) is 11.8 Å². The van der Waals surface area contributed by atoms with Gasteiger partial charge in [-0.2, -0.15) is 0 Å². The SMILES string of the molecule is CC(OC(=O)C1CCC2(C)OC2C1)C(=O)OCC1CC[C@@]2(C)OC2C1. The molecule has 4 fully saturated rings. The Bertz CT molecular complexity index is 576. The summed E-state index contributed by atoms with van der Waals surface area (Å²) in [6.45, 7) is 6.19. The number of hydrogen-bond acceptors (Lipinski definition) is 6. The minimum absolute atomic E-state index is 0.0251. The van der Waals surface area contributed by atoms with Crippen molar-refractivity contribution in [2.24, 2.45) is 11.8 Å². The summed E-state index contributed by atoms with van der Waals surface area (Å²) in [7, 11) is 0. The van der Waals surface area contributed by atoms with E-state index in [1.165, 1.54) is 0 Å². The predicted octanol–water partition coefficient (Wildman–Crippen LogP) is 2.38. The van der Waals surface area contributed by atoms with Gasteiger partial charge in [-0.05, 0) is 65.2 Å². The van der Waals surface area contributed by atoms with Crippen LogP contribution in [0.4, 0.5) is 0 Å². The summed E-state index contributed by atoms with van der Waals surface area (Å²) in [5.41, 5.74) is 0.0490. The van der Waals surface area contributed by atoms with E-state index in [0.29, 0.717) is 25.0 Å². The molecule has 0 aromatic heterocycles. The van der Waals surface area contributed by atoms with Crippen LogP contribution in [-0.4, -0.2) is 48.1 Å². The van der Waals surface area contributed by atoms with Gasteiger partial charge >= 0.3 is 11.9 Å². The highest BCUT2D eigenvalue weighted by molar-refractivity contribution is 5.80. The van der Waals surface area contributed by atoms with E-state index in [1.54, 1.807) is 6.92 Å². The fraction of sp³-hybridized carbons (Fsp3) is 0.895. The Balaban J connectivity index is 1.18. The van der Waals surface area contributed by atoms with Crippen molar-refractivity contribution in [2.75, 3.05) is 6.61 Å². The minimum atomic E-state index is -0.855. The van der Waals surface area contributed by atoms with Crippen LogP contribution in [0.1, 0.15) is 59.3 Å². The van der Waals surface area contributed by atoms with Gasteiger partial charge in [-0.15, -0.1) is 0 Å². The van der Waals surface area contributed by atoms with Gasteiger partial charge < -0.3 is 18.9 Å². The van der Waals surface area contributed by atoms with Crippen LogP contribution in [0.2, 0.25) is 0 Å². The summed E-state index contributed by atoms with van der Waals surface area (Å²) in [4.78, 5) is 24.4. The first kappa shape index (κ1) is 17.3. The molecule has 2 saturated carbocycles. The van der Waals surface area contributed by atoms with Crippen LogP contribution in [0.5, 0.6) is 0 Å². The van der Waals surface area contributed by atoms with Crippen LogP contribution in [0.3, 0.4) is 0 Å². The van der Waals surface area contributed by atoms with Gasteiger partial charge in [-0.1, -0.05) is 0 Å². The third-order valence-corrected chi connectivity index (χ3v) is 6.57. The second kappa shape index (κ2) is 5.95. The standard InChI is InChI=1S/C19H28O6/c1-11(23-17(21)13-5-7-19(3)15(9-13)25-19)16(20)22-10-12-4-6-18(2)14(8-12)24-18/h11-15H,4-10H2,1-3H3/t11?,12?,13?,14?,15?,18-,19?/m1/s1. The van der Waals surface area contributed by atoms with Crippen LogP contribution < -0.4 is 0 Å². The van der Waals surface area contributed by atoms with Gasteiger partial charge in [-0.3, -0.25) is 4.79 Å². The number of rotatable bonds is 5. The Morgan fingerprint density at radius 1 is 1.08 bits per heavy atom. The van der Waals surface area contributed by atoms with Crippen molar-refractivity contribution in [1.29, 1.82) is 0 Å². The lowest BCUT2D eigenvalue weighted by molar-refractivity contribution is -0.170. The van der Waals surface area contributed by atoms with Crippen LogP contribution >= 0.6 is 0 Å². The van der Waals surface area contributed by atoms with E-state index in [0.717, 1.165) is 32.1 Å². The molecule has 2 aliphatic heterocycles. The molecule has 0 spiro atoms. The molecule has 4 aliphatic rings. The second-order valence-electron chi connectivity index (χ2n) is 8.66. The second-order valence-corrected chi connectivity index (χ2v) is 8.66. The van der Waals surface area contributed by atoms with Gasteiger partial charge in [-0.25, -0.2) is 4.79 Å². The smallest absolute Gasteiger partial charge is 0.347 e. The van der Waals surface area contributed by atoms with E-state index in [9.17, 15) is 9.59 Å². The number of fused-ring (bicyclic) bond motifs is 2. The van der Waals surface area contributed by atoms with Gasteiger partial charge in [0.2, 0.25) is 0 Å². The van der Waals surface area contributed by atoms with Crippen molar-refractivity contribution < 1.29 is 28.5 Å². The third-order valence-electron chi connectivity index (χ3n) is 6.57. The van der Waals surface area contributed by atoms with E-state index in [2.05, 4.69) is 13.8 Å². The molecule has 25 heavy (non-hydrogen) atoms. The Kier molecular flexibility index (Phi) is 4.11. The molecule has 0 amide bonds. The zero-order valence-corrected chi connectivity index (χ0v) is 15.3. The number of hydrogen-bond donors (Lipinski definition) is 0. The molecular weight excluding hydrogens is 324 g/mol. The quantitative estimate of drug-likeness (QED) is 0.558. The molecule has 6 nitrogen and oxygen atoms in total. The van der Waals surface area contributed by atoms with Gasteiger partial charge in [0, 0.05) is 0 Å². The first-order chi connectivity index (χ1) is 11.8. The number of ether oxygens (including phenoxy) is 4. The summed E-state index contributed by atoms with van der Waals surface area (Å²) < 4.78 is 22.0. The van der Waals surface area contributed by atoms with Gasteiger partial charge in [0.15, 0.2) is 6.10 Å². The fourth-order valence-corrected chi connectivity index (χ4v) is 4.37. The Hall–Kier alpha value is -1.14. The lowest BCUT2D eigenvalue weighted by atomic mass is 9.83. The fourth-order valence-electron chi connectivity index (χ4n) is 4.37. The molecule has 0 radical (unpaired) electrons. The zero-order valence-electron chi connectivity index (χ0n) is 15.3. The maximum absolute atomic E-state index is 12.3. The minimum Gasteiger partial charge on any atom is -0.463 e. The number of epoxide rings is 2. The molecule has 2 heterocycles. The summed E-state index contributed by atoms with van der Waals surface area (Å²) in [5.74, 6) is -0.585. The number of carbonyl (C=O) groups is 2. The molecule has 7 atom stereocenters. The molecule has 2 aliphatic carbocycles. The molecule has 6 heteroatoms. The largest absolute Gasteiger partial charge is 0.463 e. The normalized spacial score (nSPS) is 45.6. The monoisotopic (exact) mass is 352 g/mol. The third kappa shape index (κ3) is 3.43. The van der Waals surface area contributed by atoms with E-state index >= 15 is 0 Å². The maximum atomic E-state index is 12.3. The van der Waals surface area contributed by atoms with Crippen LogP contribution in [-0.2, 0) is 28.5 Å². The summed E-state index contributed by atoms with van der Waals surface area (Å²) in [6, 6.07) is 0. The molecule has 6 unspecified atom stereocenters. The lowest BCUT2D eigenvalue weighted by Crippen LogP contribution is -2.34. The molecule has 0 aromatic carbocycles.